The minimum atomic E-state index is -0.942. The summed E-state index contributed by atoms with van der Waals surface area (Å²) in [5.74, 6) is -0.942. The van der Waals surface area contributed by atoms with Crippen LogP contribution in [0.15, 0.2) is 30.3 Å². The second-order valence-corrected chi connectivity index (χ2v) is 4.59. The molecule has 0 aromatic heterocycles. The first-order chi connectivity index (χ1) is 8.63. The number of hydrogen-bond acceptors (Lipinski definition) is 3. The molecule has 0 aliphatic carbocycles. The van der Waals surface area contributed by atoms with E-state index in [1.165, 1.54) is 0 Å². The van der Waals surface area contributed by atoms with Crippen LogP contribution < -0.4 is 0 Å². The molecule has 18 heavy (non-hydrogen) atoms. The van der Waals surface area contributed by atoms with Crippen LogP contribution in [0, 0.1) is 0 Å². The molecule has 4 nitrogen and oxygen atoms in total. The van der Waals surface area contributed by atoms with Crippen LogP contribution >= 0.6 is 0 Å². The Bertz CT molecular complexity index is 456. The second kappa shape index (κ2) is 5.80. The molecule has 2 rings (SSSR count). The van der Waals surface area contributed by atoms with Crippen LogP contribution in [-0.2, 0) is 11.3 Å². The van der Waals surface area contributed by atoms with Crippen LogP contribution in [0.2, 0.25) is 0 Å². The number of likely N-dealkylation sites (tertiary alicyclic amines) is 1. The van der Waals surface area contributed by atoms with Gasteiger partial charge >= 0.3 is 5.97 Å². The molecule has 4 heteroatoms. The van der Waals surface area contributed by atoms with E-state index in [2.05, 4.69) is 4.90 Å². The number of hydrogen-bond donors (Lipinski definition) is 2. The van der Waals surface area contributed by atoms with Crippen molar-refractivity contribution in [3.63, 3.8) is 0 Å². The maximum Gasteiger partial charge on any atom is 0.328 e. The molecular formula is C14H17NO3. The monoisotopic (exact) mass is 247 g/mol. The van der Waals surface area contributed by atoms with Gasteiger partial charge in [-0.3, -0.25) is 4.90 Å². The number of carboxylic acids is 1. The van der Waals surface area contributed by atoms with Crippen molar-refractivity contribution in [2.24, 2.45) is 0 Å². The summed E-state index contributed by atoms with van der Waals surface area (Å²) in [4.78, 5) is 12.6. The Kier molecular flexibility index (Phi) is 4.12. The number of β-amino-alcohol motifs (C(OH)–C–C–N with tert-alkyl or cyclic N) is 1. The fraction of sp³-hybridized carbons (Fsp3) is 0.357. The molecule has 1 aliphatic rings. The molecule has 1 unspecified atom stereocenters. The van der Waals surface area contributed by atoms with Crippen molar-refractivity contribution >= 4 is 12.0 Å². The smallest absolute Gasteiger partial charge is 0.328 e. The van der Waals surface area contributed by atoms with E-state index in [0.29, 0.717) is 0 Å². The highest BCUT2D eigenvalue weighted by atomic mass is 16.4. The molecule has 1 aromatic carbocycles. The van der Waals surface area contributed by atoms with Gasteiger partial charge in [0, 0.05) is 25.7 Å². The van der Waals surface area contributed by atoms with E-state index in [1.54, 1.807) is 6.08 Å². The fourth-order valence-corrected chi connectivity index (χ4v) is 2.18. The molecule has 96 valence electrons. The molecule has 0 radical (unpaired) electrons. The Hall–Kier alpha value is -1.65. The normalized spacial score (nSPS) is 20.6. The van der Waals surface area contributed by atoms with Crippen molar-refractivity contribution in [1.29, 1.82) is 0 Å². The minimum Gasteiger partial charge on any atom is -0.478 e. The number of aliphatic hydroxyl groups excluding tert-OH is 1. The lowest BCUT2D eigenvalue weighted by molar-refractivity contribution is -0.131. The molecule has 1 aromatic rings. The number of benzene rings is 1. The molecule has 1 aliphatic heterocycles. The van der Waals surface area contributed by atoms with Gasteiger partial charge in [-0.15, -0.1) is 0 Å². The summed E-state index contributed by atoms with van der Waals surface area (Å²) in [6, 6.07) is 7.79. The average molecular weight is 247 g/mol. The first-order valence-electron chi connectivity index (χ1n) is 6.04. The third kappa shape index (κ3) is 3.68. The Morgan fingerprint density at radius 2 is 2.33 bits per heavy atom. The number of nitrogens with zero attached hydrogens (tertiary/aromatic N) is 1. The van der Waals surface area contributed by atoms with Crippen molar-refractivity contribution in [2.45, 2.75) is 19.1 Å². The molecule has 1 atom stereocenters. The number of carbonyl (C=O) groups is 1. The predicted molar refractivity (Wildman–Crippen MR) is 69.0 cm³/mol. The van der Waals surface area contributed by atoms with Crippen LogP contribution in [0.4, 0.5) is 0 Å². The molecule has 0 saturated carbocycles. The van der Waals surface area contributed by atoms with Crippen molar-refractivity contribution in [1.82, 2.24) is 4.90 Å². The van der Waals surface area contributed by atoms with Gasteiger partial charge in [0.05, 0.1) is 6.10 Å². The summed E-state index contributed by atoms with van der Waals surface area (Å²) in [7, 11) is 0. The first-order valence-corrected chi connectivity index (χ1v) is 6.04. The Labute approximate surface area is 106 Å². The fourth-order valence-electron chi connectivity index (χ4n) is 2.18. The van der Waals surface area contributed by atoms with E-state index in [0.717, 1.165) is 43.3 Å². The van der Waals surface area contributed by atoms with Crippen LogP contribution in [0.3, 0.4) is 0 Å². The second-order valence-electron chi connectivity index (χ2n) is 4.59. The maximum absolute atomic E-state index is 10.4. The quantitative estimate of drug-likeness (QED) is 0.788. The van der Waals surface area contributed by atoms with Gasteiger partial charge in [0.2, 0.25) is 0 Å². The van der Waals surface area contributed by atoms with Crippen molar-refractivity contribution in [3.8, 4) is 0 Å². The van der Waals surface area contributed by atoms with Gasteiger partial charge in [0.25, 0.3) is 0 Å². The molecule has 1 heterocycles. The van der Waals surface area contributed by atoms with Gasteiger partial charge in [0.1, 0.15) is 0 Å². The third-order valence-electron chi connectivity index (χ3n) is 3.02. The highest BCUT2D eigenvalue weighted by Gasteiger charge is 2.19. The third-order valence-corrected chi connectivity index (χ3v) is 3.02. The summed E-state index contributed by atoms with van der Waals surface area (Å²) in [6.07, 6.45) is 3.35. The lowest BCUT2D eigenvalue weighted by atomic mass is 10.1. The van der Waals surface area contributed by atoms with E-state index in [-0.39, 0.29) is 6.10 Å². The Balaban J connectivity index is 2.01. The van der Waals surface area contributed by atoms with E-state index in [4.69, 9.17) is 5.11 Å². The lowest BCUT2D eigenvalue weighted by Gasteiger charge is -2.15. The van der Waals surface area contributed by atoms with Crippen molar-refractivity contribution in [2.75, 3.05) is 13.1 Å². The SMILES string of the molecule is O=C(O)C=Cc1cccc(CN2CCC(O)C2)c1. The van der Waals surface area contributed by atoms with Crippen LogP contribution in [0.25, 0.3) is 6.08 Å². The van der Waals surface area contributed by atoms with Crippen LogP contribution in [0.5, 0.6) is 0 Å². The molecule has 2 N–H and O–H groups in total. The maximum atomic E-state index is 10.4. The van der Waals surface area contributed by atoms with Gasteiger partial charge in [-0.1, -0.05) is 24.3 Å². The van der Waals surface area contributed by atoms with E-state index < -0.39 is 5.97 Å². The molecule has 0 spiro atoms. The summed E-state index contributed by atoms with van der Waals surface area (Å²) in [5, 5.41) is 18.0. The van der Waals surface area contributed by atoms with E-state index in [1.807, 2.05) is 24.3 Å². The number of carboxylic acid groups (broad SMARTS) is 1. The lowest BCUT2D eigenvalue weighted by Crippen LogP contribution is -2.21. The van der Waals surface area contributed by atoms with Crippen LogP contribution in [-0.4, -0.2) is 40.3 Å². The molecule has 1 saturated heterocycles. The van der Waals surface area contributed by atoms with Crippen LogP contribution in [0.1, 0.15) is 17.5 Å². The van der Waals surface area contributed by atoms with Gasteiger partial charge in [-0.05, 0) is 23.6 Å². The highest BCUT2D eigenvalue weighted by molar-refractivity contribution is 5.85. The van der Waals surface area contributed by atoms with Gasteiger partial charge < -0.3 is 10.2 Å². The highest BCUT2D eigenvalue weighted by Crippen LogP contribution is 2.15. The zero-order valence-electron chi connectivity index (χ0n) is 10.1. The topological polar surface area (TPSA) is 60.8 Å². The number of aliphatic hydroxyl groups is 1. The molecular weight excluding hydrogens is 230 g/mol. The zero-order valence-corrected chi connectivity index (χ0v) is 10.1. The number of rotatable bonds is 4. The Morgan fingerprint density at radius 3 is 3.00 bits per heavy atom. The minimum absolute atomic E-state index is 0.208. The van der Waals surface area contributed by atoms with E-state index in [9.17, 15) is 9.90 Å². The molecule has 0 amide bonds. The number of aliphatic carboxylic acids is 1. The van der Waals surface area contributed by atoms with Gasteiger partial charge in [-0.2, -0.15) is 0 Å². The largest absolute Gasteiger partial charge is 0.478 e. The summed E-state index contributed by atoms with van der Waals surface area (Å²) in [6.45, 7) is 2.43. The Morgan fingerprint density at radius 1 is 1.50 bits per heavy atom. The van der Waals surface area contributed by atoms with Crippen molar-refractivity contribution < 1.29 is 15.0 Å². The standard InChI is InChI=1S/C14H17NO3/c16-13-6-7-15(10-13)9-12-3-1-2-11(8-12)4-5-14(17)18/h1-5,8,13,16H,6-7,9-10H2,(H,17,18). The average Bonchev–Trinajstić information content (AvgIpc) is 2.73. The summed E-state index contributed by atoms with van der Waals surface area (Å²) in [5.41, 5.74) is 2.02. The van der Waals surface area contributed by atoms with E-state index >= 15 is 0 Å². The summed E-state index contributed by atoms with van der Waals surface area (Å²) < 4.78 is 0. The van der Waals surface area contributed by atoms with Gasteiger partial charge in [0.15, 0.2) is 0 Å². The molecule has 1 fully saturated rings. The predicted octanol–water partition coefficient (Wildman–Crippen LogP) is 1.35. The van der Waals surface area contributed by atoms with Crippen molar-refractivity contribution in [3.05, 3.63) is 41.5 Å². The zero-order chi connectivity index (χ0) is 13.0. The van der Waals surface area contributed by atoms with Gasteiger partial charge in [-0.25, -0.2) is 4.79 Å². The molecule has 0 bridgehead atoms. The summed E-state index contributed by atoms with van der Waals surface area (Å²) >= 11 is 0. The first kappa shape index (κ1) is 12.8.